The van der Waals surface area contributed by atoms with Gasteiger partial charge in [-0.3, -0.25) is 14.6 Å². The van der Waals surface area contributed by atoms with E-state index in [2.05, 4.69) is 16.7 Å². The molecule has 2 aliphatic rings. The van der Waals surface area contributed by atoms with Gasteiger partial charge in [0.05, 0.1) is 17.6 Å². The molecule has 0 saturated carbocycles. The van der Waals surface area contributed by atoms with Crippen LogP contribution >= 0.6 is 12.2 Å². The molecule has 0 radical (unpaired) electrons. The van der Waals surface area contributed by atoms with Crippen molar-refractivity contribution in [1.29, 1.82) is 0 Å². The molecule has 18 heavy (non-hydrogen) atoms. The largest absolute Gasteiger partial charge is 0.464 e. The lowest BCUT2D eigenvalue weighted by Gasteiger charge is -2.39. The molecule has 2 unspecified atom stereocenters. The Bertz CT molecular complexity index is 319. The summed E-state index contributed by atoms with van der Waals surface area (Å²) in [4.78, 5) is 16.6. The van der Waals surface area contributed by atoms with Gasteiger partial charge in [0.2, 0.25) is 0 Å². The third-order valence-electron chi connectivity index (χ3n) is 3.85. The number of carbonyl (C=O) groups is 1. The first kappa shape index (κ1) is 13.7. The molecule has 6 heteroatoms. The molecule has 0 amide bonds. The molecule has 0 aliphatic carbocycles. The Morgan fingerprint density at radius 3 is 2.61 bits per heavy atom. The van der Waals surface area contributed by atoms with Crippen molar-refractivity contribution >= 4 is 23.2 Å². The zero-order valence-corrected chi connectivity index (χ0v) is 11.6. The number of carbonyl (C=O) groups excluding carboxylic acids is 1. The zero-order chi connectivity index (χ0) is 13.1. The van der Waals surface area contributed by atoms with Crippen LogP contribution in [0.5, 0.6) is 0 Å². The standard InChI is InChI=1S/C12H21N3O2S/c1-2-9(11(13)18)14-4-6-15(7-5-14)10-3-8-17-12(10)16/h9-10H,2-8H2,1H3,(H2,13,18). The minimum atomic E-state index is -0.0650. The highest BCUT2D eigenvalue weighted by Gasteiger charge is 2.35. The van der Waals surface area contributed by atoms with E-state index in [1.165, 1.54) is 0 Å². The molecule has 2 N–H and O–H groups in total. The molecule has 2 heterocycles. The number of cyclic esters (lactones) is 1. The number of ether oxygens (including phenoxy) is 1. The summed E-state index contributed by atoms with van der Waals surface area (Å²) in [6.07, 6.45) is 1.77. The molecule has 0 spiro atoms. The van der Waals surface area contributed by atoms with E-state index >= 15 is 0 Å². The van der Waals surface area contributed by atoms with E-state index in [-0.39, 0.29) is 18.1 Å². The lowest BCUT2D eigenvalue weighted by molar-refractivity contribution is -0.142. The van der Waals surface area contributed by atoms with Gasteiger partial charge < -0.3 is 10.5 Å². The second-order valence-electron chi connectivity index (χ2n) is 4.87. The fourth-order valence-corrected chi connectivity index (χ4v) is 3.13. The van der Waals surface area contributed by atoms with Gasteiger partial charge in [0, 0.05) is 32.6 Å². The molecule has 2 fully saturated rings. The van der Waals surface area contributed by atoms with Crippen molar-refractivity contribution in [2.45, 2.75) is 31.8 Å². The van der Waals surface area contributed by atoms with Crippen molar-refractivity contribution in [3.63, 3.8) is 0 Å². The lowest BCUT2D eigenvalue weighted by Crippen LogP contribution is -2.56. The molecule has 5 nitrogen and oxygen atoms in total. The molecular formula is C12H21N3O2S. The second-order valence-corrected chi connectivity index (χ2v) is 5.34. The number of piperazine rings is 1. The van der Waals surface area contributed by atoms with Gasteiger partial charge >= 0.3 is 5.97 Å². The number of thiocarbonyl (C=S) groups is 1. The number of esters is 1. The first-order chi connectivity index (χ1) is 8.63. The van der Waals surface area contributed by atoms with Crippen molar-refractivity contribution in [1.82, 2.24) is 9.80 Å². The Morgan fingerprint density at radius 1 is 1.50 bits per heavy atom. The summed E-state index contributed by atoms with van der Waals surface area (Å²) in [5.41, 5.74) is 5.76. The average Bonchev–Trinajstić information content (AvgIpc) is 2.77. The van der Waals surface area contributed by atoms with Crippen molar-refractivity contribution in [2.75, 3.05) is 32.8 Å². The minimum absolute atomic E-state index is 0.0305. The van der Waals surface area contributed by atoms with Crippen molar-refractivity contribution < 1.29 is 9.53 Å². The van der Waals surface area contributed by atoms with E-state index in [0.717, 1.165) is 39.0 Å². The summed E-state index contributed by atoms with van der Waals surface area (Å²) in [7, 11) is 0. The van der Waals surface area contributed by atoms with Crippen LogP contribution in [0.3, 0.4) is 0 Å². The average molecular weight is 271 g/mol. The van der Waals surface area contributed by atoms with Crippen LogP contribution < -0.4 is 5.73 Å². The number of nitrogens with zero attached hydrogens (tertiary/aromatic N) is 2. The summed E-state index contributed by atoms with van der Waals surface area (Å²) in [5, 5.41) is 0. The normalized spacial score (nSPS) is 28.1. The van der Waals surface area contributed by atoms with Crippen molar-refractivity contribution in [3.8, 4) is 0 Å². The molecular weight excluding hydrogens is 250 g/mol. The first-order valence-electron chi connectivity index (χ1n) is 6.57. The molecule has 2 rings (SSSR count). The van der Waals surface area contributed by atoms with Gasteiger partial charge in [-0.05, 0) is 6.42 Å². The lowest BCUT2D eigenvalue weighted by atomic mass is 10.1. The molecule has 2 atom stereocenters. The Hall–Kier alpha value is -0.720. The summed E-state index contributed by atoms with van der Waals surface area (Å²) in [5.74, 6) is -0.0650. The fraction of sp³-hybridized carbons (Fsp3) is 0.833. The van der Waals surface area contributed by atoms with Gasteiger partial charge in [-0.2, -0.15) is 0 Å². The molecule has 0 bridgehead atoms. The first-order valence-corrected chi connectivity index (χ1v) is 6.98. The van der Waals surface area contributed by atoms with Gasteiger partial charge in [-0.15, -0.1) is 0 Å². The van der Waals surface area contributed by atoms with Crippen LogP contribution in [0.25, 0.3) is 0 Å². The van der Waals surface area contributed by atoms with Crippen LogP contribution in [0.4, 0.5) is 0 Å². The van der Waals surface area contributed by atoms with E-state index < -0.39 is 0 Å². The molecule has 0 aromatic carbocycles. The minimum Gasteiger partial charge on any atom is -0.464 e. The predicted molar refractivity (Wildman–Crippen MR) is 73.4 cm³/mol. The smallest absolute Gasteiger partial charge is 0.323 e. The Kier molecular flexibility index (Phi) is 4.53. The van der Waals surface area contributed by atoms with Crippen LogP contribution in [0.15, 0.2) is 0 Å². The highest BCUT2D eigenvalue weighted by atomic mass is 32.1. The SMILES string of the molecule is CCC(C(N)=S)N1CCN(C2CCOC2=O)CC1. The zero-order valence-electron chi connectivity index (χ0n) is 10.8. The molecule has 0 aromatic heterocycles. The van der Waals surface area contributed by atoms with E-state index in [0.29, 0.717) is 11.6 Å². The molecule has 2 saturated heterocycles. The quantitative estimate of drug-likeness (QED) is 0.573. The van der Waals surface area contributed by atoms with Gasteiger partial charge in [0.25, 0.3) is 0 Å². The van der Waals surface area contributed by atoms with Crippen LogP contribution in [0.2, 0.25) is 0 Å². The Labute approximate surface area is 113 Å². The van der Waals surface area contributed by atoms with Crippen LogP contribution in [0, 0.1) is 0 Å². The van der Waals surface area contributed by atoms with E-state index in [9.17, 15) is 4.79 Å². The maximum Gasteiger partial charge on any atom is 0.323 e. The van der Waals surface area contributed by atoms with Crippen LogP contribution in [-0.2, 0) is 9.53 Å². The fourth-order valence-electron chi connectivity index (χ4n) is 2.82. The number of rotatable bonds is 4. The van der Waals surface area contributed by atoms with E-state index in [1.54, 1.807) is 0 Å². The number of nitrogens with two attached hydrogens (primary N) is 1. The summed E-state index contributed by atoms with van der Waals surface area (Å²) >= 11 is 5.10. The Morgan fingerprint density at radius 2 is 2.17 bits per heavy atom. The highest BCUT2D eigenvalue weighted by Crippen LogP contribution is 2.17. The maximum absolute atomic E-state index is 11.5. The second kappa shape index (κ2) is 5.95. The summed E-state index contributed by atoms with van der Waals surface area (Å²) in [6, 6.07) is 0.162. The van der Waals surface area contributed by atoms with Gasteiger partial charge in [-0.25, -0.2) is 0 Å². The monoisotopic (exact) mass is 271 g/mol. The van der Waals surface area contributed by atoms with Gasteiger partial charge in [0.15, 0.2) is 0 Å². The third-order valence-corrected chi connectivity index (χ3v) is 4.13. The van der Waals surface area contributed by atoms with Gasteiger partial charge in [-0.1, -0.05) is 19.1 Å². The molecule has 2 aliphatic heterocycles. The predicted octanol–water partition coefficient (Wildman–Crippen LogP) is -0.0158. The summed E-state index contributed by atoms with van der Waals surface area (Å²) < 4.78 is 5.02. The van der Waals surface area contributed by atoms with Crippen LogP contribution in [0.1, 0.15) is 19.8 Å². The topological polar surface area (TPSA) is 58.8 Å². The third kappa shape index (κ3) is 2.81. The highest BCUT2D eigenvalue weighted by molar-refractivity contribution is 7.80. The van der Waals surface area contributed by atoms with Crippen molar-refractivity contribution in [2.24, 2.45) is 5.73 Å². The van der Waals surface area contributed by atoms with Crippen molar-refractivity contribution in [3.05, 3.63) is 0 Å². The Balaban J connectivity index is 1.87. The molecule has 102 valence electrons. The van der Waals surface area contributed by atoms with Crippen LogP contribution in [-0.4, -0.2) is 65.6 Å². The maximum atomic E-state index is 11.5. The summed E-state index contributed by atoms with van der Waals surface area (Å²) in [6.45, 7) is 6.27. The number of hydrogen-bond donors (Lipinski definition) is 1. The van der Waals surface area contributed by atoms with E-state index in [1.807, 2.05) is 0 Å². The number of hydrogen-bond acceptors (Lipinski definition) is 5. The molecule has 0 aromatic rings. The van der Waals surface area contributed by atoms with Gasteiger partial charge in [0.1, 0.15) is 6.04 Å². The van der Waals surface area contributed by atoms with E-state index in [4.69, 9.17) is 22.7 Å².